The summed E-state index contributed by atoms with van der Waals surface area (Å²) in [5.74, 6) is -1.13. The van der Waals surface area contributed by atoms with Crippen molar-refractivity contribution in [3.63, 3.8) is 0 Å². The number of anilines is 3. The third kappa shape index (κ3) is 7.03. The quantitative estimate of drug-likeness (QED) is 0.223. The molecule has 2 aliphatic rings. The zero-order valence-corrected chi connectivity index (χ0v) is 24.1. The Bertz CT molecular complexity index is 1460. The number of carbonyl (C=O) groups is 3. The van der Waals surface area contributed by atoms with Crippen LogP contribution in [-0.2, 0) is 11.0 Å². The van der Waals surface area contributed by atoms with E-state index in [9.17, 15) is 27.6 Å². The normalized spacial score (nSPS) is 15.7. The predicted molar refractivity (Wildman–Crippen MR) is 158 cm³/mol. The van der Waals surface area contributed by atoms with Crippen LogP contribution in [0.3, 0.4) is 0 Å². The molecule has 0 saturated carbocycles. The van der Waals surface area contributed by atoms with E-state index in [1.54, 1.807) is 9.80 Å². The molecule has 0 bridgehead atoms. The summed E-state index contributed by atoms with van der Waals surface area (Å²) < 4.78 is 49.1. The molecule has 0 radical (unpaired) electrons. The smallest absolute Gasteiger partial charge is 0.418 e. The number of ketones is 1. The second-order valence-electron chi connectivity index (χ2n) is 11.0. The summed E-state index contributed by atoms with van der Waals surface area (Å²) in [6.07, 6.45) is -1.10. The molecule has 0 unspecified atom stereocenters. The van der Waals surface area contributed by atoms with Crippen LogP contribution in [0.15, 0.2) is 59.2 Å². The molecule has 2 saturated heterocycles. The van der Waals surface area contributed by atoms with E-state index < -0.39 is 23.4 Å². The van der Waals surface area contributed by atoms with Crippen LogP contribution in [0.1, 0.15) is 64.1 Å². The maximum absolute atomic E-state index is 14.6. The molecule has 5 rings (SSSR count). The molecule has 2 aromatic carbocycles. The summed E-state index contributed by atoms with van der Waals surface area (Å²) in [5.41, 5.74) is 0.752. The van der Waals surface area contributed by atoms with E-state index in [0.717, 1.165) is 23.7 Å². The number of amides is 2. The lowest BCUT2D eigenvalue weighted by Gasteiger charge is -2.39. The van der Waals surface area contributed by atoms with Gasteiger partial charge in [-0.15, -0.1) is 0 Å². The average molecular weight is 597 g/mol. The van der Waals surface area contributed by atoms with E-state index in [1.807, 2.05) is 31.2 Å². The summed E-state index contributed by atoms with van der Waals surface area (Å²) in [7, 11) is 0. The van der Waals surface area contributed by atoms with Crippen LogP contribution in [-0.4, -0.2) is 61.8 Å². The SMILES string of the molecule is Cc1ccccc1N1CCN(c2c(NC(=O)c3ccco3)cc(C(=O)CCCCN3CCCC3=O)cc2C(F)(F)F)CC1. The van der Waals surface area contributed by atoms with Crippen molar-refractivity contribution in [2.45, 2.75) is 45.2 Å². The van der Waals surface area contributed by atoms with Crippen molar-refractivity contribution in [3.05, 3.63) is 77.2 Å². The molecule has 3 heterocycles. The molecular formula is C32H35F3N4O4. The number of Topliss-reactive ketones (excluding diaryl/α,β-unsaturated/α-hetero) is 1. The number of nitrogens with zero attached hydrogens (tertiary/aromatic N) is 3. The Morgan fingerprint density at radius 2 is 1.70 bits per heavy atom. The van der Waals surface area contributed by atoms with E-state index in [-0.39, 0.29) is 48.1 Å². The number of likely N-dealkylation sites (tertiary alicyclic amines) is 1. The van der Waals surface area contributed by atoms with Gasteiger partial charge in [0.05, 0.1) is 23.2 Å². The minimum atomic E-state index is -4.78. The number of halogens is 3. The molecule has 1 N–H and O–H groups in total. The molecular weight excluding hydrogens is 561 g/mol. The minimum absolute atomic E-state index is 0.0271. The first kappa shape index (κ1) is 30.2. The van der Waals surface area contributed by atoms with Crippen LogP contribution >= 0.6 is 0 Å². The first-order chi connectivity index (χ1) is 20.6. The average Bonchev–Trinajstić information content (AvgIpc) is 3.67. The second kappa shape index (κ2) is 12.9. The van der Waals surface area contributed by atoms with Crippen LogP contribution in [0, 0.1) is 6.92 Å². The molecule has 0 spiro atoms. The van der Waals surface area contributed by atoms with Gasteiger partial charge in [0, 0.05) is 63.4 Å². The van der Waals surface area contributed by atoms with Crippen LogP contribution in [0.4, 0.5) is 30.2 Å². The van der Waals surface area contributed by atoms with Crippen molar-refractivity contribution in [1.29, 1.82) is 0 Å². The van der Waals surface area contributed by atoms with Gasteiger partial charge in [0.15, 0.2) is 11.5 Å². The fourth-order valence-electron chi connectivity index (χ4n) is 5.80. The molecule has 11 heteroatoms. The first-order valence-corrected chi connectivity index (χ1v) is 14.6. The number of furan rings is 1. The highest BCUT2D eigenvalue weighted by molar-refractivity contribution is 6.06. The van der Waals surface area contributed by atoms with Gasteiger partial charge in [-0.25, -0.2) is 0 Å². The van der Waals surface area contributed by atoms with E-state index in [4.69, 9.17) is 4.42 Å². The van der Waals surface area contributed by atoms with Crippen LogP contribution in [0.2, 0.25) is 0 Å². The Labute approximate surface area is 248 Å². The van der Waals surface area contributed by atoms with Gasteiger partial charge in [0.2, 0.25) is 5.91 Å². The summed E-state index contributed by atoms with van der Waals surface area (Å²) in [5, 5.41) is 2.59. The van der Waals surface area contributed by atoms with Crippen molar-refractivity contribution >= 4 is 34.7 Å². The zero-order valence-electron chi connectivity index (χ0n) is 24.1. The third-order valence-electron chi connectivity index (χ3n) is 8.04. The van der Waals surface area contributed by atoms with Gasteiger partial charge in [-0.3, -0.25) is 14.4 Å². The lowest BCUT2D eigenvalue weighted by atomic mass is 9.98. The summed E-state index contributed by atoms with van der Waals surface area (Å²) in [6.45, 7) is 4.74. The number of alkyl halides is 3. The monoisotopic (exact) mass is 596 g/mol. The first-order valence-electron chi connectivity index (χ1n) is 14.6. The Morgan fingerprint density at radius 3 is 2.35 bits per heavy atom. The maximum Gasteiger partial charge on any atom is 0.418 e. The molecule has 3 aromatic rings. The van der Waals surface area contributed by atoms with Crippen LogP contribution < -0.4 is 15.1 Å². The molecule has 1 aromatic heterocycles. The summed E-state index contributed by atoms with van der Waals surface area (Å²) >= 11 is 0. The standard InChI is InChI=1S/C32H35F3N4O4/c1-22-8-2-3-9-26(22)37-15-17-39(18-16-37)30-24(32(33,34)35)20-23(21-25(30)36-31(42)28-11-7-19-43-28)27(40)10-4-5-13-38-14-6-12-29(38)41/h2-3,7-9,11,19-21H,4-6,10,12-18H2,1H3,(H,36,42). The Hall–Kier alpha value is -4.28. The molecule has 2 fully saturated rings. The predicted octanol–water partition coefficient (Wildman–Crippen LogP) is 6.16. The zero-order chi connectivity index (χ0) is 30.6. The van der Waals surface area contributed by atoms with Crippen molar-refractivity contribution < 1.29 is 32.0 Å². The molecule has 228 valence electrons. The van der Waals surface area contributed by atoms with Gasteiger partial charge < -0.3 is 24.4 Å². The molecule has 0 aliphatic carbocycles. The van der Waals surface area contributed by atoms with Crippen molar-refractivity contribution in [2.75, 3.05) is 54.4 Å². The molecule has 8 nitrogen and oxygen atoms in total. The fraction of sp³-hybridized carbons (Fsp3) is 0.406. The van der Waals surface area contributed by atoms with E-state index >= 15 is 0 Å². The number of aryl methyl sites for hydroxylation is 1. The van der Waals surface area contributed by atoms with E-state index in [2.05, 4.69) is 10.2 Å². The van der Waals surface area contributed by atoms with E-state index in [1.165, 1.54) is 24.5 Å². The molecule has 43 heavy (non-hydrogen) atoms. The van der Waals surface area contributed by atoms with Crippen molar-refractivity contribution in [3.8, 4) is 0 Å². The molecule has 2 amide bonds. The van der Waals surface area contributed by atoms with Gasteiger partial charge in [-0.05, 0) is 62.1 Å². The van der Waals surface area contributed by atoms with E-state index in [0.29, 0.717) is 45.4 Å². The minimum Gasteiger partial charge on any atom is -0.459 e. The van der Waals surface area contributed by atoms with Gasteiger partial charge in [-0.1, -0.05) is 18.2 Å². The maximum atomic E-state index is 14.6. The summed E-state index contributed by atoms with van der Waals surface area (Å²) in [6, 6.07) is 13.0. The summed E-state index contributed by atoms with van der Waals surface area (Å²) in [4.78, 5) is 43.5. The van der Waals surface area contributed by atoms with Crippen molar-refractivity contribution in [2.24, 2.45) is 0 Å². The lowest BCUT2D eigenvalue weighted by Crippen LogP contribution is -2.47. The number of hydrogen-bond acceptors (Lipinski definition) is 6. The second-order valence-corrected chi connectivity index (χ2v) is 11.0. The van der Waals surface area contributed by atoms with Gasteiger partial charge in [-0.2, -0.15) is 13.2 Å². The molecule has 0 atom stereocenters. The number of nitrogens with one attached hydrogen (secondary N) is 1. The van der Waals surface area contributed by atoms with Crippen LogP contribution in [0.5, 0.6) is 0 Å². The Morgan fingerprint density at radius 1 is 0.953 bits per heavy atom. The number of rotatable bonds is 10. The van der Waals surface area contributed by atoms with Gasteiger partial charge in [0.25, 0.3) is 5.91 Å². The third-order valence-corrected chi connectivity index (χ3v) is 8.04. The highest BCUT2D eigenvalue weighted by atomic mass is 19.4. The number of piperazine rings is 1. The highest BCUT2D eigenvalue weighted by Gasteiger charge is 2.38. The fourth-order valence-corrected chi connectivity index (χ4v) is 5.80. The van der Waals surface area contributed by atoms with Crippen molar-refractivity contribution in [1.82, 2.24) is 4.90 Å². The molecule has 2 aliphatic heterocycles. The number of carbonyl (C=O) groups excluding carboxylic acids is 3. The topological polar surface area (TPSA) is 86.1 Å². The highest BCUT2D eigenvalue weighted by Crippen LogP contribution is 2.43. The number of hydrogen-bond donors (Lipinski definition) is 1. The van der Waals surface area contributed by atoms with Crippen LogP contribution in [0.25, 0.3) is 0 Å². The lowest BCUT2D eigenvalue weighted by molar-refractivity contribution is -0.137. The number of para-hydroxylation sites is 1. The van der Waals surface area contributed by atoms with Gasteiger partial charge in [0.1, 0.15) is 0 Å². The van der Waals surface area contributed by atoms with Gasteiger partial charge >= 0.3 is 6.18 Å². The largest absolute Gasteiger partial charge is 0.459 e. The Balaban J connectivity index is 1.41. The number of unbranched alkanes of at least 4 members (excludes halogenated alkanes) is 1. The number of benzene rings is 2. The Kier molecular flexibility index (Phi) is 9.08.